The number of hydrogen-bond donors (Lipinski definition) is 0. The number of esters is 1. The van der Waals surface area contributed by atoms with Crippen LogP contribution in [0.4, 0.5) is 0 Å². The van der Waals surface area contributed by atoms with Crippen molar-refractivity contribution >= 4 is 5.97 Å². The number of aryl methyl sites for hydroxylation is 1. The van der Waals surface area contributed by atoms with Crippen LogP contribution >= 0.6 is 0 Å². The number of hydrogen-bond acceptors (Lipinski definition) is 3. The van der Waals surface area contributed by atoms with Gasteiger partial charge in [-0.15, -0.1) is 0 Å². The fourth-order valence-electron chi connectivity index (χ4n) is 2.16. The van der Waals surface area contributed by atoms with Gasteiger partial charge in [-0.1, -0.05) is 51.9 Å². The highest BCUT2D eigenvalue weighted by Crippen LogP contribution is 2.14. The zero-order valence-corrected chi connectivity index (χ0v) is 12.2. The molecule has 0 bridgehead atoms. The maximum atomic E-state index is 11.2. The monoisotopic (exact) mass is 266 g/mol. The fraction of sp³-hybridized carbons (Fsp3) is 0.688. The first kappa shape index (κ1) is 15.8. The number of ether oxygens (including phenoxy) is 1. The molecule has 0 unspecified atom stereocenters. The lowest BCUT2D eigenvalue weighted by atomic mass is 10.1. The first-order valence-corrected chi connectivity index (χ1v) is 7.45. The summed E-state index contributed by atoms with van der Waals surface area (Å²) in [5.74, 6) is 0.783. The summed E-state index contributed by atoms with van der Waals surface area (Å²) in [7, 11) is 1.36. The number of methoxy groups -OCH3 is 1. The van der Waals surface area contributed by atoms with E-state index >= 15 is 0 Å². The first-order chi connectivity index (χ1) is 9.27. The van der Waals surface area contributed by atoms with Crippen LogP contribution in [0.25, 0.3) is 0 Å². The minimum Gasteiger partial charge on any atom is -0.463 e. The van der Waals surface area contributed by atoms with Crippen molar-refractivity contribution < 1.29 is 13.9 Å². The summed E-state index contributed by atoms with van der Waals surface area (Å²) in [5.41, 5.74) is 0. The van der Waals surface area contributed by atoms with E-state index in [0.717, 1.165) is 18.6 Å². The molecule has 0 N–H and O–H groups in total. The van der Waals surface area contributed by atoms with E-state index in [1.807, 2.05) is 6.07 Å². The molecule has 0 amide bonds. The van der Waals surface area contributed by atoms with Gasteiger partial charge in [-0.05, 0) is 18.6 Å². The van der Waals surface area contributed by atoms with Gasteiger partial charge < -0.3 is 9.15 Å². The second kappa shape index (κ2) is 9.65. The molecule has 19 heavy (non-hydrogen) atoms. The first-order valence-electron chi connectivity index (χ1n) is 7.45. The van der Waals surface area contributed by atoms with Gasteiger partial charge in [0, 0.05) is 6.42 Å². The molecular formula is C16H26O3. The number of carbonyl (C=O) groups excluding carboxylic acids is 1. The van der Waals surface area contributed by atoms with Crippen LogP contribution in [0.2, 0.25) is 0 Å². The number of unbranched alkanes of at least 4 members (excludes halogenated alkanes) is 7. The van der Waals surface area contributed by atoms with Crippen LogP contribution in [0.5, 0.6) is 0 Å². The second-order valence-corrected chi connectivity index (χ2v) is 4.98. The van der Waals surface area contributed by atoms with Crippen LogP contribution in [-0.2, 0) is 11.2 Å². The molecule has 0 aliphatic rings. The topological polar surface area (TPSA) is 39.4 Å². The standard InChI is InChI=1S/C16H26O3/c1-3-4-5-6-7-8-9-10-11-14-12-13-15(19-14)16(17)18-2/h12-13H,3-11H2,1-2H3. The van der Waals surface area contributed by atoms with E-state index in [1.165, 1.54) is 52.1 Å². The summed E-state index contributed by atoms with van der Waals surface area (Å²) in [4.78, 5) is 11.2. The fourth-order valence-corrected chi connectivity index (χ4v) is 2.16. The quantitative estimate of drug-likeness (QED) is 0.453. The van der Waals surface area contributed by atoms with Crippen molar-refractivity contribution in [3.8, 4) is 0 Å². The van der Waals surface area contributed by atoms with Crippen molar-refractivity contribution in [1.82, 2.24) is 0 Å². The second-order valence-electron chi connectivity index (χ2n) is 4.98. The summed E-state index contributed by atoms with van der Waals surface area (Å²) in [6.07, 6.45) is 11.3. The van der Waals surface area contributed by atoms with Crippen molar-refractivity contribution in [3.63, 3.8) is 0 Å². The Bertz CT molecular complexity index is 355. The molecule has 0 atom stereocenters. The van der Waals surface area contributed by atoms with Crippen molar-refractivity contribution in [3.05, 3.63) is 23.7 Å². The molecule has 0 aromatic carbocycles. The number of furan rings is 1. The molecule has 0 saturated heterocycles. The van der Waals surface area contributed by atoms with Gasteiger partial charge in [-0.2, -0.15) is 0 Å². The molecule has 0 fully saturated rings. The predicted molar refractivity (Wildman–Crippen MR) is 76.4 cm³/mol. The highest BCUT2D eigenvalue weighted by atomic mass is 16.5. The summed E-state index contributed by atoms with van der Waals surface area (Å²) < 4.78 is 10.0. The third-order valence-corrected chi connectivity index (χ3v) is 3.32. The maximum Gasteiger partial charge on any atom is 0.373 e. The van der Waals surface area contributed by atoms with Gasteiger partial charge in [0.2, 0.25) is 5.76 Å². The minimum absolute atomic E-state index is 0.303. The molecule has 3 nitrogen and oxygen atoms in total. The van der Waals surface area contributed by atoms with Crippen molar-refractivity contribution in [2.24, 2.45) is 0 Å². The van der Waals surface area contributed by atoms with Crippen molar-refractivity contribution in [1.29, 1.82) is 0 Å². The average Bonchev–Trinajstić information content (AvgIpc) is 2.89. The molecule has 0 aliphatic carbocycles. The Hall–Kier alpha value is -1.25. The van der Waals surface area contributed by atoms with Gasteiger partial charge in [0.15, 0.2) is 0 Å². The van der Waals surface area contributed by atoms with Crippen LogP contribution in [0.15, 0.2) is 16.5 Å². The third kappa shape index (κ3) is 6.46. The lowest BCUT2D eigenvalue weighted by Gasteiger charge is -2.00. The van der Waals surface area contributed by atoms with E-state index in [4.69, 9.17) is 4.42 Å². The number of rotatable bonds is 10. The van der Waals surface area contributed by atoms with Crippen LogP contribution in [-0.4, -0.2) is 13.1 Å². The van der Waals surface area contributed by atoms with Crippen LogP contribution in [0.3, 0.4) is 0 Å². The Morgan fingerprint density at radius 3 is 2.32 bits per heavy atom. The van der Waals surface area contributed by atoms with Crippen LogP contribution < -0.4 is 0 Å². The van der Waals surface area contributed by atoms with Gasteiger partial charge in [-0.3, -0.25) is 0 Å². The van der Waals surface area contributed by atoms with Gasteiger partial charge in [0.05, 0.1) is 7.11 Å². The Morgan fingerprint density at radius 1 is 1.05 bits per heavy atom. The molecule has 1 rings (SSSR count). The van der Waals surface area contributed by atoms with Crippen LogP contribution in [0.1, 0.15) is 74.6 Å². The summed E-state index contributed by atoms with van der Waals surface area (Å²) in [6, 6.07) is 3.55. The Kier molecular flexibility index (Phi) is 8.03. The predicted octanol–water partition coefficient (Wildman–Crippen LogP) is 4.75. The molecule has 0 radical (unpaired) electrons. The van der Waals surface area contributed by atoms with E-state index in [1.54, 1.807) is 6.07 Å². The average molecular weight is 266 g/mol. The minimum atomic E-state index is -0.401. The number of carbonyl (C=O) groups is 1. The largest absolute Gasteiger partial charge is 0.463 e. The highest BCUT2D eigenvalue weighted by molar-refractivity contribution is 5.86. The lowest BCUT2D eigenvalue weighted by molar-refractivity contribution is 0.0563. The summed E-state index contributed by atoms with van der Waals surface area (Å²) >= 11 is 0. The molecule has 108 valence electrons. The summed E-state index contributed by atoms with van der Waals surface area (Å²) in [6.45, 7) is 2.24. The molecule has 0 aliphatic heterocycles. The molecule has 1 aromatic rings. The Labute approximate surface area is 116 Å². The van der Waals surface area contributed by atoms with Crippen molar-refractivity contribution in [2.75, 3.05) is 7.11 Å². The van der Waals surface area contributed by atoms with Gasteiger partial charge in [0.25, 0.3) is 0 Å². The van der Waals surface area contributed by atoms with E-state index in [0.29, 0.717) is 5.76 Å². The van der Waals surface area contributed by atoms with E-state index in [2.05, 4.69) is 11.7 Å². The SMILES string of the molecule is CCCCCCCCCCc1ccc(C(=O)OC)o1. The van der Waals surface area contributed by atoms with Gasteiger partial charge in [-0.25, -0.2) is 4.79 Å². The van der Waals surface area contributed by atoms with Gasteiger partial charge >= 0.3 is 5.97 Å². The molecule has 1 aromatic heterocycles. The van der Waals surface area contributed by atoms with Crippen molar-refractivity contribution in [2.45, 2.75) is 64.7 Å². The van der Waals surface area contributed by atoms with Crippen LogP contribution in [0, 0.1) is 0 Å². The molecule has 0 spiro atoms. The molecule has 3 heteroatoms. The van der Waals surface area contributed by atoms with Gasteiger partial charge in [0.1, 0.15) is 5.76 Å². The lowest BCUT2D eigenvalue weighted by Crippen LogP contribution is -1.98. The maximum absolute atomic E-state index is 11.2. The zero-order chi connectivity index (χ0) is 13.9. The normalized spacial score (nSPS) is 10.6. The summed E-state index contributed by atoms with van der Waals surface area (Å²) in [5, 5.41) is 0. The van der Waals surface area contributed by atoms with E-state index in [-0.39, 0.29) is 0 Å². The molecular weight excluding hydrogens is 240 g/mol. The molecule has 0 saturated carbocycles. The smallest absolute Gasteiger partial charge is 0.373 e. The third-order valence-electron chi connectivity index (χ3n) is 3.32. The zero-order valence-electron chi connectivity index (χ0n) is 12.2. The van der Waals surface area contributed by atoms with E-state index in [9.17, 15) is 4.79 Å². The Morgan fingerprint density at radius 2 is 1.68 bits per heavy atom. The van der Waals surface area contributed by atoms with E-state index < -0.39 is 5.97 Å². The Balaban J connectivity index is 2.06. The highest BCUT2D eigenvalue weighted by Gasteiger charge is 2.10. The molecule has 1 heterocycles.